The summed E-state index contributed by atoms with van der Waals surface area (Å²) >= 11 is 2.22. The second-order valence-corrected chi connectivity index (χ2v) is 7.34. The van der Waals surface area contributed by atoms with Gasteiger partial charge < -0.3 is 10.2 Å². The highest BCUT2D eigenvalue weighted by atomic mass is 127. The summed E-state index contributed by atoms with van der Waals surface area (Å²) in [6.45, 7) is 4.84. The fourth-order valence-electron chi connectivity index (χ4n) is 2.21. The van der Waals surface area contributed by atoms with Crippen molar-refractivity contribution in [3.05, 3.63) is 57.4 Å². The number of halogens is 2. The van der Waals surface area contributed by atoms with Crippen LogP contribution < -0.4 is 5.06 Å². The molecular formula is C18H21FINO3. The van der Waals surface area contributed by atoms with Crippen LogP contribution in [-0.4, -0.2) is 28.5 Å². The van der Waals surface area contributed by atoms with Gasteiger partial charge in [-0.05, 0) is 85.3 Å². The monoisotopic (exact) mass is 445 g/mol. The zero-order valence-corrected chi connectivity index (χ0v) is 16.0. The Balaban J connectivity index is 2.49. The molecule has 0 aromatic heterocycles. The van der Waals surface area contributed by atoms with Gasteiger partial charge in [-0.1, -0.05) is 6.07 Å². The molecule has 1 unspecified atom stereocenters. The Hall–Kier alpha value is -1.22. The van der Waals surface area contributed by atoms with Crippen molar-refractivity contribution >= 4 is 34.0 Å². The minimum Gasteiger partial charge on any atom is -0.394 e. The molecule has 0 saturated heterocycles. The third-order valence-electron chi connectivity index (χ3n) is 3.72. The molecule has 0 aliphatic carbocycles. The summed E-state index contributed by atoms with van der Waals surface area (Å²) in [6.07, 6.45) is -1.09. The van der Waals surface area contributed by atoms with Gasteiger partial charge in [0, 0.05) is 3.57 Å². The first kappa shape index (κ1) is 19.1. The Labute approximate surface area is 155 Å². The molecule has 130 valence electrons. The number of aliphatic hydroxyl groups is 2. The number of anilines is 2. The summed E-state index contributed by atoms with van der Waals surface area (Å²) in [5, 5.41) is 20.8. The van der Waals surface area contributed by atoms with Gasteiger partial charge in [-0.15, -0.1) is 0 Å². The predicted molar refractivity (Wildman–Crippen MR) is 101 cm³/mol. The van der Waals surface area contributed by atoms with E-state index in [0.717, 1.165) is 14.8 Å². The molecule has 24 heavy (non-hydrogen) atoms. The second-order valence-electron chi connectivity index (χ2n) is 6.10. The van der Waals surface area contributed by atoms with Gasteiger partial charge in [-0.3, -0.25) is 4.84 Å². The van der Waals surface area contributed by atoms with Crippen LogP contribution in [0.15, 0.2) is 42.5 Å². The average Bonchev–Trinajstić information content (AvgIpc) is 2.52. The fraction of sp³-hybridized carbons (Fsp3) is 0.333. The first-order valence-corrected chi connectivity index (χ1v) is 8.62. The molecule has 4 nitrogen and oxygen atoms in total. The number of nitrogens with zero attached hydrogens (tertiary/aromatic N) is 1. The lowest BCUT2D eigenvalue weighted by Crippen LogP contribution is -2.45. The maximum Gasteiger partial charge on any atom is 0.125 e. The normalized spacial score (nSPS) is 13.0. The molecule has 2 rings (SSSR count). The van der Waals surface area contributed by atoms with Crippen LogP contribution in [0.3, 0.4) is 0 Å². The third kappa shape index (κ3) is 4.44. The van der Waals surface area contributed by atoms with Crippen molar-refractivity contribution in [1.82, 2.24) is 0 Å². The van der Waals surface area contributed by atoms with E-state index in [9.17, 15) is 14.6 Å². The molecule has 2 aromatic carbocycles. The van der Waals surface area contributed by atoms with Gasteiger partial charge in [0.25, 0.3) is 0 Å². The highest BCUT2D eigenvalue weighted by Gasteiger charge is 2.32. The minimum absolute atomic E-state index is 0.384. The summed E-state index contributed by atoms with van der Waals surface area (Å²) < 4.78 is 14.8. The SMILES string of the molecule is Cc1cc(I)ccc1N(OC(C)(C)C(O)CO)c1cccc(F)c1. The minimum atomic E-state index is -1.09. The van der Waals surface area contributed by atoms with Crippen molar-refractivity contribution in [3.63, 3.8) is 0 Å². The molecule has 6 heteroatoms. The lowest BCUT2D eigenvalue weighted by Gasteiger charge is -2.36. The van der Waals surface area contributed by atoms with Crippen LogP contribution in [0.2, 0.25) is 0 Å². The molecule has 0 fully saturated rings. The van der Waals surface area contributed by atoms with E-state index in [2.05, 4.69) is 22.6 Å². The number of rotatable bonds is 6. The molecule has 2 N–H and O–H groups in total. The highest BCUT2D eigenvalue weighted by Crippen LogP contribution is 2.33. The van der Waals surface area contributed by atoms with Crippen molar-refractivity contribution in [2.24, 2.45) is 0 Å². The molecule has 0 amide bonds. The predicted octanol–water partition coefficient (Wildman–Crippen LogP) is 3.94. The smallest absolute Gasteiger partial charge is 0.125 e. The zero-order chi connectivity index (χ0) is 17.9. The number of benzene rings is 2. The van der Waals surface area contributed by atoms with Gasteiger partial charge in [0.15, 0.2) is 0 Å². The van der Waals surface area contributed by atoms with Gasteiger partial charge in [-0.25, -0.2) is 9.45 Å². The lowest BCUT2D eigenvalue weighted by molar-refractivity contribution is -0.116. The Bertz CT molecular complexity index is 708. The molecule has 0 saturated carbocycles. The fourth-order valence-corrected chi connectivity index (χ4v) is 2.85. The third-order valence-corrected chi connectivity index (χ3v) is 4.39. The van der Waals surface area contributed by atoms with Gasteiger partial charge in [-0.2, -0.15) is 0 Å². The molecule has 0 spiro atoms. The van der Waals surface area contributed by atoms with Crippen LogP contribution >= 0.6 is 22.6 Å². The number of aliphatic hydroxyl groups excluding tert-OH is 2. The van der Waals surface area contributed by atoms with Crippen LogP contribution in [0.25, 0.3) is 0 Å². The van der Waals surface area contributed by atoms with Gasteiger partial charge in [0.2, 0.25) is 0 Å². The molecule has 0 aliphatic rings. The van der Waals surface area contributed by atoms with E-state index in [1.807, 2.05) is 25.1 Å². The molecule has 0 heterocycles. The van der Waals surface area contributed by atoms with E-state index in [4.69, 9.17) is 4.84 Å². The van der Waals surface area contributed by atoms with Crippen molar-refractivity contribution in [1.29, 1.82) is 0 Å². The number of hydrogen-bond acceptors (Lipinski definition) is 4. The number of aryl methyl sites for hydroxylation is 1. The Morgan fingerprint density at radius 3 is 2.54 bits per heavy atom. The van der Waals surface area contributed by atoms with Crippen LogP contribution in [-0.2, 0) is 4.84 Å². The van der Waals surface area contributed by atoms with Crippen molar-refractivity contribution in [2.45, 2.75) is 32.5 Å². The Morgan fingerprint density at radius 1 is 1.25 bits per heavy atom. The maximum absolute atomic E-state index is 13.7. The van der Waals surface area contributed by atoms with E-state index >= 15 is 0 Å². The summed E-state index contributed by atoms with van der Waals surface area (Å²) in [7, 11) is 0. The summed E-state index contributed by atoms with van der Waals surface area (Å²) in [4.78, 5) is 5.99. The van der Waals surface area contributed by atoms with Crippen molar-refractivity contribution in [2.75, 3.05) is 11.7 Å². The number of hydrogen-bond donors (Lipinski definition) is 2. The molecule has 0 radical (unpaired) electrons. The van der Waals surface area contributed by atoms with Crippen molar-refractivity contribution in [3.8, 4) is 0 Å². The van der Waals surface area contributed by atoms with Gasteiger partial charge >= 0.3 is 0 Å². The van der Waals surface area contributed by atoms with E-state index in [1.165, 1.54) is 17.2 Å². The van der Waals surface area contributed by atoms with E-state index in [0.29, 0.717) is 5.69 Å². The van der Waals surface area contributed by atoms with E-state index in [1.54, 1.807) is 26.0 Å². The first-order chi connectivity index (χ1) is 11.2. The zero-order valence-electron chi connectivity index (χ0n) is 13.8. The topological polar surface area (TPSA) is 52.9 Å². The summed E-state index contributed by atoms with van der Waals surface area (Å²) in [5.74, 6) is -0.384. The first-order valence-electron chi connectivity index (χ1n) is 7.54. The Kier molecular flexibility index (Phi) is 6.19. The lowest BCUT2D eigenvalue weighted by atomic mass is 10.0. The standard InChI is InChI=1S/C18H21FINO3/c1-12-9-14(20)7-8-16(12)21(15-6-4-5-13(19)10-15)24-18(2,3)17(23)11-22/h4-10,17,22-23H,11H2,1-3H3. The molecular weight excluding hydrogens is 424 g/mol. The van der Waals surface area contributed by atoms with E-state index < -0.39 is 18.3 Å². The van der Waals surface area contributed by atoms with Crippen LogP contribution in [0.1, 0.15) is 19.4 Å². The summed E-state index contributed by atoms with van der Waals surface area (Å²) in [5.41, 5.74) is 1.11. The summed E-state index contributed by atoms with van der Waals surface area (Å²) in [6, 6.07) is 11.8. The maximum atomic E-state index is 13.7. The molecule has 1 atom stereocenters. The highest BCUT2D eigenvalue weighted by molar-refractivity contribution is 14.1. The van der Waals surface area contributed by atoms with Crippen LogP contribution in [0, 0.1) is 16.3 Å². The Morgan fingerprint density at radius 2 is 1.96 bits per heavy atom. The molecule has 0 bridgehead atoms. The van der Waals surface area contributed by atoms with E-state index in [-0.39, 0.29) is 5.82 Å². The van der Waals surface area contributed by atoms with Crippen LogP contribution in [0.5, 0.6) is 0 Å². The quantitative estimate of drug-likeness (QED) is 0.523. The van der Waals surface area contributed by atoms with Gasteiger partial charge in [0.05, 0.1) is 18.0 Å². The second kappa shape index (κ2) is 7.77. The molecule has 2 aromatic rings. The van der Waals surface area contributed by atoms with Gasteiger partial charge in [0.1, 0.15) is 17.5 Å². The molecule has 0 aliphatic heterocycles. The largest absolute Gasteiger partial charge is 0.394 e. The van der Waals surface area contributed by atoms with Crippen LogP contribution in [0.4, 0.5) is 15.8 Å². The van der Waals surface area contributed by atoms with Crippen molar-refractivity contribution < 1.29 is 19.4 Å². The average molecular weight is 445 g/mol.